The lowest BCUT2D eigenvalue weighted by molar-refractivity contribution is 0.583. The fourth-order valence-electron chi connectivity index (χ4n) is 2.00. The molecule has 1 unspecified atom stereocenters. The highest BCUT2D eigenvalue weighted by atomic mass is 35.5. The van der Waals surface area contributed by atoms with Crippen LogP contribution >= 0.6 is 22.9 Å². The predicted octanol–water partition coefficient (Wildman–Crippen LogP) is 4.64. The molecule has 1 heterocycles. The minimum atomic E-state index is -0.319. The van der Waals surface area contributed by atoms with Gasteiger partial charge in [-0.1, -0.05) is 18.5 Å². The summed E-state index contributed by atoms with van der Waals surface area (Å²) in [7, 11) is 0. The fraction of sp³-hybridized carbons (Fsp3) is 0.400. The second-order valence-electron chi connectivity index (χ2n) is 4.78. The molecule has 0 fully saturated rings. The van der Waals surface area contributed by atoms with Crippen molar-refractivity contribution in [3.8, 4) is 0 Å². The topological polar surface area (TPSA) is 24.9 Å². The Hall–Kier alpha value is -0.970. The molecular weight excluding hydrogens is 295 g/mol. The van der Waals surface area contributed by atoms with Gasteiger partial charge in [-0.05, 0) is 50.6 Å². The summed E-state index contributed by atoms with van der Waals surface area (Å²) in [4.78, 5) is 5.78. The van der Waals surface area contributed by atoms with Crippen LogP contribution in [0.15, 0.2) is 18.2 Å². The lowest BCUT2D eigenvalue weighted by Crippen LogP contribution is -2.23. The van der Waals surface area contributed by atoms with Crippen molar-refractivity contribution < 1.29 is 4.39 Å². The lowest BCUT2D eigenvalue weighted by atomic mass is 10.1. The molecule has 5 heteroatoms. The van der Waals surface area contributed by atoms with E-state index in [-0.39, 0.29) is 11.9 Å². The van der Waals surface area contributed by atoms with Crippen molar-refractivity contribution in [2.24, 2.45) is 0 Å². The van der Waals surface area contributed by atoms with E-state index in [1.54, 1.807) is 17.4 Å². The van der Waals surface area contributed by atoms with E-state index in [1.165, 1.54) is 17.0 Å². The molecule has 2 nitrogen and oxygen atoms in total. The second kappa shape index (κ2) is 6.66. The summed E-state index contributed by atoms with van der Waals surface area (Å²) < 4.78 is 13.6. The summed E-state index contributed by atoms with van der Waals surface area (Å²) in [5.74, 6) is -0.319. The highest BCUT2D eigenvalue weighted by molar-refractivity contribution is 7.11. The van der Waals surface area contributed by atoms with Gasteiger partial charge in [-0.2, -0.15) is 0 Å². The third-order valence-corrected chi connectivity index (χ3v) is 4.46. The average molecular weight is 313 g/mol. The van der Waals surface area contributed by atoms with E-state index in [4.69, 9.17) is 11.6 Å². The molecule has 0 aliphatic carbocycles. The maximum absolute atomic E-state index is 13.6. The van der Waals surface area contributed by atoms with Gasteiger partial charge in [-0.15, -0.1) is 11.3 Å². The number of hydrogen-bond donors (Lipinski definition) is 1. The predicted molar refractivity (Wildman–Crippen MR) is 83.1 cm³/mol. The molecule has 2 aromatic rings. The Morgan fingerprint density at radius 2 is 2.10 bits per heavy atom. The Morgan fingerprint density at radius 1 is 1.35 bits per heavy atom. The van der Waals surface area contributed by atoms with E-state index in [2.05, 4.69) is 17.2 Å². The first-order chi connectivity index (χ1) is 9.51. The van der Waals surface area contributed by atoms with Crippen LogP contribution in [0.2, 0.25) is 5.02 Å². The van der Waals surface area contributed by atoms with Gasteiger partial charge in [0.1, 0.15) is 10.8 Å². The van der Waals surface area contributed by atoms with Crippen LogP contribution in [0.1, 0.15) is 40.5 Å². The van der Waals surface area contributed by atoms with Crippen LogP contribution in [0, 0.1) is 19.7 Å². The highest BCUT2D eigenvalue weighted by Crippen LogP contribution is 2.30. The Kier molecular flexibility index (Phi) is 5.13. The molecule has 0 aliphatic rings. The van der Waals surface area contributed by atoms with E-state index in [0.29, 0.717) is 5.02 Å². The number of rotatable bonds is 5. The van der Waals surface area contributed by atoms with Gasteiger partial charge < -0.3 is 5.32 Å². The highest BCUT2D eigenvalue weighted by Gasteiger charge is 2.19. The number of aromatic nitrogens is 1. The zero-order chi connectivity index (χ0) is 14.7. The quantitative estimate of drug-likeness (QED) is 0.870. The molecule has 108 valence electrons. The Balaban J connectivity index is 2.40. The van der Waals surface area contributed by atoms with Gasteiger partial charge in [0.2, 0.25) is 0 Å². The van der Waals surface area contributed by atoms with E-state index in [1.807, 2.05) is 13.8 Å². The van der Waals surface area contributed by atoms with Crippen LogP contribution in [-0.2, 0) is 0 Å². The largest absolute Gasteiger partial charge is 0.304 e. The van der Waals surface area contributed by atoms with Crippen LogP contribution < -0.4 is 5.32 Å². The molecule has 0 radical (unpaired) electrons. The molecule has 0 saturated heterocycles. The molecule has 0 saturated carbocycles. The zero-order valence-corrected chi connectivity index (χ0v) is 13.4. The third kappa shape index (κ3) is 3.57. The summed E-state index contributed by atoms with van der Waals surface area (Å²) in [5.41, 5.74) is 1.84. The molecule has 0 bridgehead atoms. The number of nitrogens with one attached hydrogen (secondary N) is 1. The maximum Gasteiger partial charge on any atom is 0.125 e. The van der Waals surface area contributed by atoms with Gasteiger partial charge in [0.25, 0.3) is 0 Å². The summed E-state index contributed by atoms with van der Waals surface area (Å²) in [6.45, 7) is 6.98. The molecule has 1 atom stereocenters. The number of hydrogen-bond acceptors (Lipinski definition) is 3. The first kappa shape index (κ1) is 15.4. The van der Waals surface area contributed by atoms with Crippen molar-refractivity contribution in [1.29, 1.82) is 0 Å². The molecular formula is C15H18ClFN2S. The molecule has 0 aliphatic heterocycles. The fourth-order valence-corrected chi connectivity index (χ4v) is 3.26. The van der Waals surface area contributed by atoms with E-state index in [0.717, 1.165) is 29.2 Å². The van der Waals surface area contributed by atoms with Crippen LogP contribution in [-0.4, -0.2) is 11.5 Å². The van der Waals surface area contributed by atoms with Crippen molar-refractivity contribution in [2.45, 2.75) is 33.2 Å². The first-order valence-electron chi connectivity index (χ1n) is 6.64. The van der Waals surface area contributed by atoms with E-state index >= 15 is 0 Å². The number of nitrogens with zero attached hydrogens (tertiary/aromatic N) is 1. The molecule has 1 aromatic heterocycles. The van der Waals surface area contributed by atoms with Gasteiger partial charge in [-0.3, -0.25) is 0 Å². The average Bonchev–Trinajstić information content (AvgIpc) is 2.69. The van der Waals surface area contributed by atoms with Gasteiger partial charge in [0.15, 0.2) is 0 Å². The maximum atomic E-state index is 13.6. The van der Waals surface area contributed by atoms with Crippen LogP contribution in [0.25, 0.3) is 0 Å². The van der Waals surface area contributed by atoms with Crippen molar-refractivity contribution >= 4 is 22.9 Å². The van der Waals surface area contributed by atoms with Crippen LogP contribution in [0.4, 0.5) is 4.39 Å². The summed E-state index contributed by atoms with van der Waals surface area (Å²) in [6.07, 6.45) is 1.00. The summed E-state index contributed by atoms with van der Waals surface area (Å²) in [5, 5.41) is 4.78. The standard InChI is InChI=1S/C15H18ClFN2S/c1-4-5-18-14(15-19-9(2)10(3)20-15)11-6-12(16)8-13(17)7-11/h6-8,14,18H,4-5H2,1-3H3. The SMILES string of the molecule is CCCNC(c1cc(F)cc(Cl)c1)c1nc(C)c(C)s1. The number of aryl methyl sites for hydroxylation is 2. The normalized spacial score (nSPS) is 12.7. The van der Waals surface area contributed by atoms with Gasteiger partial charge in [0.05, 0.1) is 11.7 Å². The van der Waals surface area contributed by atoms with Crippen molar-refractivity contribution in [2.75, 3.05) is 6.54 Å². The zero-order valence-electron chi connectivity index (χ0n) is 11.8. The molecule has 0 amide bonds. The molecule has 1 N–H and O–H groups in total. The van der Waals surface area contributed by atoms with Crippen LogP contribution in [0.3, 0.4) is 0 Å². The monoisotopic (exact) mass is 312 g/mol. The van der Waals surface area contributed by atoms with E-state index < -0.39 is 0 Å². The van der Waals surface area contributed by atoms with Crippen molar-refractivity contribution in [3.05, 3.63) is 50.2 Å². The Labute approximate surface area is 128 Å². The van der Waals surface area contributed by atoms with E-state index in [9.17, 15) is 4.39 Å². The summed E-state index contributed by atoms with van der Waals surface area (Å²) in [6, 6.07) is 4.52. The minimum absolute atomic E-state index is 0.111. The second-order valence-corrected chi connectivity index (χ2v) is 6.45. The van der Waals surface area contributed by atoms with Gasteiger partial charge in [-0.25, -0.2) is 9.37 Å². The van der Waals surface area contributed by atoms with Gasteiger partial charge in [0, 0.05) is 9.90 Å². The Morgan fingerprint density at radius 3 is 2.65 bits per heavy atom. The van der Waals surface area contributed by atoms with Crippen molar-refractivity contribution in [3.63, 3.8) is 0 Å². The smallest absolute Gasteiger partial charge is 0.125 e. The molecule has 20 heavy (non-hydrogen) atoms. The lowest BCUT2D eigenvalue weighted by Gasteiger charge is -2.17. The molecule has 0 spiro atoms. The number of halogens is 2. The summed E-state index contributed by atoms with van der Waals surface area (Å²) >= 11 is 7.61. The Bertz CT molecular complexity index is 558. The number of thiazole rings is 1. The van der Waals surface area contributed by atoms with Gasteiger partial charge >= 0.3 is 0 Å². The first-order valence-corrected chi connectivity index (χ1v) is 7.84. The minimum Gasteiger partial charge on any atom is -0.304 e. The molecule has 1 aromatic carbocycles. The third-order valence-electron chi connectivity index (χ3n) is 3.11. The van der Waals surface area contributed by atoms with Crippen LogP contribution in [0.5, 0.6) is 0 Å². The molecule has 2 rings (SSSR count). The van der Waals surface area contributed by atoms with Crippen molar-refractivity contribution in [1.82, 2.24) is 10.3 Å². The number of benzene rings is 1.